The van der Waals surface area contributed by atoms with Crippen LogP contribution < -0.4 is 10.1 Å². The number of carbonyl (C=O) groups is 2. The number of rotatable bonds is 7. The molecule has 2 N–H and O–H groups in total. The Balaban J connectivity index is 1.54. The van der Waals surface area contributed by atoms with Crippen LogP contribution in [0.1, 0.15) is 21.5 Å². The molecule has 0 saturated carbocycles. The van der Waals surface area contributed by atoms with E-state index in [1.54, 1.807) is 36.4 Å². The second-order valence-electron chi connectivity index (χ2n) is 6.16. The van der Waals surface area contributed by atoms with Crippen molar-refractivity contribution in [1.29, 1.82) is 0 Å². The Labute approximate surface area is 161 Å². The summed E-state index contributed by atoms with van der Waals surface area (Å²) in [5.41, 5.74) is 2.60. The third-order valence-electron chi connectivity index (χ3n) is 4.00. The molecule has 0 saturated heterocycles. The van der Waals surface area contributed by atoms with Crippen LogP contribution in [0.4, 0.5) is 10.1 Å². The summed E-state index contributed by atoms with van der Waals surface area (Å²) in [4.78, 5) is 22.9. The average molecular weight is 379 g/mol. The van der Waals surface area contributed by atoms with E-state index in [4.69, 9.17) is 9.84 Å². The van der Waals surface area contributed by atoms with Gasteiger partial charge in [-0.05, 0) is 59.7 Å². The molecule has 0 aromatic heterocycles. The summed E-state index contributed by atoms with van der Waals surface area (Å²) in [6.07, 6.45) is -0.0113. The van der Waals surface area contributed by atoms with Gasteiger partial charge in [0.25, 0.3) is 5.91 Å². The standard InChI is InChI=1S/C22H18FNO4/c23-18-7-9-19(10-8-18)24-22(27)17-5-11-20(12-6-17)28-14-16-3-1-15(2-4-16)13-21(25)26/h1-12H,13-14H2,(H,24,27)(H,25,26). The Hall–Kier alpha value is -3.67. The van der Waals surface area contributed by atoms with Crippen LogP contribution >= 0.6 is 0 Å². The van der Waals surface area contributed by atoms with E-state index in [0.717, 1.165) is 11.1 Å². The number of hydrogen-bond acceptors (Lipinski definition) is 3. The van der Waals surface area contributed by atoms with Gasteiger partial charge in [0.2, 0.25) is 0 Å². The smallest absolute Gasteiger partial charge is 0.307 e. The SMILES string of the molecule is O=C(O)Cc1ccc(COc2ccc(C(=O)Nc3ccc(F)cc3)cc2)cc1. The van der Waals surface area contributed by atoms with Gasteiger partial charge in [0.1, 0.15) is 18.2 Å². The zero-order valence-electron chi connectivity index (χ0n) is 14.9. The molecule has 0 aliphatic heterocycles. The van der Waals surface area contributed by atoms with Crippen LogP contribution in [-0.4, -0.2) is 17.0 Å². The van der Waals surface area contributed by atoms with Crippen molar-refractivity contribution >= 4 is 17.6 Å². The number of ether oxygens (including phenoxy) is 1. The summed E-state index contributed by atoms with van der Waals surface area (Å²) >= 11 is 0. The Morgan fingerprint density at radius 2 is 1.46 bits per heavy atom. The highest BCUT2D eigenvalue weighted by atomic mass is 19.1. The second kappa shape index (κ2) is 8.81. The average Bonchev–Trinajstić information content (AvgIpc) is 2.69. The van der Waals surface area contributed by atoms with Crippen molar-refractivity contribution in [1.82, 2.24) is 0 Å². The first-order chi connectivity index (χ1) is 13.5. The fourth-order valence-corrected chi connectivity index (χ4v) is 2.53. The fraction of sp³-hybridized carbons (Fsp3) is 0.0909. The summed E-state index contributed by atoms with van der Waals surface area (Å²) < 4.78 is 18.6. The third kappa shape index (κ3) is 5.41. The molecule has 0 radical (unpaired) electrons. The van der Waals surface area contributed by atoms with E-state index in [2.05, 4.69) is 5.32 Å². The number of anilines is 1. The minimum atomic E-state index is -0.868. The first-order valence-corrected chi connectivity index (χ1v) is 8.59. The van der Waals surface area contributed by atoms with Crippen molar-refractivity contribution in [2.45, 2.75) is 13.0 Å². The zero-order valence-corrected chi connectivity index (χ0v) is 14.9. The molecule has 1 amide bonds. The Kier molecular flexibility index (Phi) is 6.01. The lowest BCUT2D eigenvalue weighted by Gasteiger charge is -2.09. The number of aliphatic carboxylic acids is 1. The lowest BCUT2D eigenvalue weighted by atomic mass is 10.1. The van der Waals surface area contributed by atoms with Gasteiger partial charge < -0.3 is 15.2 Å². The van der Waals surface area contributed by atoms with E-state index >= 15 is 0 Å². The Morgan fingerprint density at radius 3 is 2.07 bits per heavy atom. The van der Waals surface area contributed by atoms with Crippen LogP contribution in [0.25, 0.3) is 0 Å². The number of benzene rings is 3. The molecule has 28 heavy (non-hydrogen) atoms. The maximum atomic E-state index is 12.9. The fourth-order valence-electron chi connectivity index (χ4n) is 2.53. The molecule has 0 spiro atoms. The monoisotopic (exact) mass is 379 g/mol. The van der Waals surface area contributed by atoms with Gasteiger partial charge in [-0.25, -0.2) is 4.39 Å². The summed E-state index contributed by atoms with van der Waals surface area (Å²) in [6, 6.07) is 19.4. The number of carboxylic acids is 1. The summed E-state index contributed by atoms with van der Waals surface area (Å²) in [6.45, 7) is 0.328. The van der Waals surface area contributed by atoms with E-state index < -0.39 is 5.97 Å². The van der Waals surface area contributed by atoms with Gasteiger partial charge in [-0.2, -0.15) is 0 Å². The topological polar surface area (TPSA) is 75.6 Å². The zero-order chi connectivity index (χ0) is 19.9. The van der Waals surface area contributed by atoms with Crippen molar-refractivity contribution in [2.75, 3.05) is 5.32 Å². The highest BCUT2D eigenvalue weighted by molar-refractivity contribution is 6.04. The molecule has 3 aromatic rings. The molecule has 0 aliphatic carbocycles. The molecule has 142 valence electrons. The van der Waals surface area contributed by atoms with Crippen molar-refractivity contribution in [3.63, 3.8) is 0 Å². The maximum absolute atomic E-state index is 12.9. The van der Waals surface area contributed by atoms with Gasteiger partial charge in [-0.1, -0.05) is 24.3 Å². The van der Waals surface area contributed by atoms with Gasteiger partial charge in [0, 0.05) is 11.3 Å². The Bertz CT molecular complexity index is 951. The molecular weight excluding hydrogens is 361 g/mol. The molecule has 3 aromatic carbocycles. The van der Waals surface area contributed by atoms with Gasteiger partial charge in [-0.15, -0.1) is 0 Å². The quantitative estimate of drug-likeness (QED) is 0.642. The predicted octanol–water partition coefficient (Wildman–Crippen LogP) is 4.28. The van der Waals surface area contributed by atoms with E-state index in [1.165, 1.54) is 24.3 Å². The van der Waals surface area contributed by atoms with Crippen molar-refractivity contribution in [2.24, 2.45) is 0 Å². The largest absolute Gasteiger partial charge is 0.489 e. The number of halogens is 1. The number of nitrogens with one attached hydrogen (secondary N) is 1. The molecule has 0 aliphatic rings. The van der Waals surface area contributed by atoms with Crippen molar-refractivity contribution in [3.8, 4) is 5.75 Å². The molecular formula is C22H18FNO4. The van der Waals surface area contributed by atoms with E-state index in [-0.39, 0.29) is 18.1 Å². The number of carboxylic acid groups (broad SMARTS) is 1. The highest BCUT2D eigenvalue weighted by Gasteiger charge is 2.07. The van der Waals surface area contributed by atoms with Crippen LogP contribution in [0, 0.1) is 5.82 Å². The summed E-state index contributed by atoms with van der Waals surface area (Å²) in [5.74, 6) is -0.927. The molecule has 3 rings (SSSR count). The van der Waals surface area contributed by atoms with Crippen LogP contribution in [-0.2, 0) is 17.8 Å². The summed E-state index contributed by atoms with van der Waals surface area (Å²) in [5, 5.41) is 11.5. The molecule has 0 unspecified atom stereocenters. The highest BCUT2D eigenvalue weighted by Crippen LogP contribution is 2.16. The van der Waals surface area contributed by atoms with E-state index in [1.807, 2.05) is 12.1 Å². The molecule has 5 nitrogen and oxygen atoms in total. The number of carbonyl (C=O) groups excluding carboxylic acids is 1. The van der Waals surface area contributed by atoms with Crippen molar-refractivity contribution < 1.29 is 23.8 Å². The lowest BCUT2D eigenvalue weighted by molar-refractivity contribution is -0.136. The summed E-state index contributed by atoms with van der Waals surface area (Å²) in [7, 11) is 0. The van der Waals surface area contributed by atoms with Crippen LogP contribution in [0.3, 0.4) is 0 Å². The van der Waals surface area contributed by atoms with Crippen molar-refractivity contribution in [3.05, 3.63) is 95.3 Å². The van der Waals surface area contributed by atoms with E-state index in [9.17, 15) is 14.0 Å². The molecule has 0 bridgehead atoms. The molecule has 0 heterocycles. The Morgan fingerprint density at radius 1 is 0.857 bits per heavy atom. The lowest BCUT2D eigenvalue weighted by Crippen LogP contribution is -2.11. The normalized spacial score (nSPS) is 10.3. The number of hydrogen-bond donors (Lipinski definition) is 2. The van der Waals surface area contributed by atoms with E-state index in [0.29, 0.717) is 23.6 Å². The van der Waals surface area contributed by atoms with Crippen LogP contribution in [0.15, 0.2) is 72.8 Å². The second-order valence-corrected chi connectivity index (χ2v) is 6.16. The first kappa shape index (κ1) is 19.1. The van der Waals surface area contributed by atoms with Gasteiger partial charge in [0.15, 0.2) is 0 Å². The molecule has 0 fully saturated rings. The van der Waals surface area contributed by atoms with Crippen LogP contribution in [0.5, 0.6) is 5.75 Å². The van der Waals surface area contributed by atoms with Crippen LogP contribution in [0.2, 0.25) is 0 Å². The van der Waals surface area contributed by atoms with Gasteiger partial charge >= 0.3 is 5.97 Å². The first-order valence-electron chi connectivity index (χ1n) is 8.59. The van der Waals surface area contributed by atoms with Gasteiger partial charge in [-0.3, -0.25) is 9.59 Å². The molecule has 6 heteroatoms. The molecule has 0 atom stereocenters. The maximum Gasteiger partial charge on any atom is 0.307 e. The minimum absolute atomic E-state index is 0.0113. The predicted molar refractivity (Wildman–Crippen MR) is 103 cm³/mol. The van der Waals surface area contributed by atoms with Gasteiger partial charge in [0.05, 0.1) is 6.42 Å². The minimum Gasteiger partial charge on any atom is -0.489 e. The third-order valence-corrected chi connectivity index (χ3v) is 4.00. The number of amides is 1.